The lowest BCUT2D eigenvalue weighted by molar-refractivity contribution is -0.146. The summed E-state index contributed by atoms with van der Waals surface area (Å²) in [4.78, 5) is 11.3. The Balaban J connectivity index is 3.62. The molecule has 0 aromatic rings. The number of carbonyl (C=O) groups is 1. The lowest BCUT2D eigenvalue weighted by Crippen LogP contribution is -2.38. The molecule has 4 nitrogen and oxygen atoms in total. The van der Waals surface area contributed by atoms with Gasteiger partial charge in [-0.2, -0.15) is 0 Å². The van der Waals surface area contributed by atoms with Gasteiger partial charge in [0.15, 0.2) is 0 Å². The van der Waals surface area contributed by atoms with Crippen molar-refractivity contribution in [1.82, 2.24) is 0 Å². The molecule has 0 aromatic heterocycles. The number of hydrogen-bond donors (Lipinski definition) is 2. The van der Waals surface area contributed by atoms with E-state index in [0.29, 0.717) is 13.2 Å². The van der Waals surface area contributed by atoms with Crippen LogP contribution in [0.5, 0.6) is 0 Å². The van der Waals surface area contributed by atoms with Crippen molar-refractivity contribution in [2.45, 2.75) is 39.2 Å². The number of ether oxygens (including phenoxy) is 1. The van der Waals surface area contributed by atoms with Crippen molar-refractivity contribution in [3.05, 3.63) is 0 Å². The zero-order valence-corrected chi connectivity index (χ0v) is 9.16. The van der Waals surface area contributed by atoms with Crippen LogP contribution in [0.2, 0.25) is 0 Å². The van der Waals surface area contributed by atoms with E-state index in [2.05, 4.69) is 0 Å². The number of unbranched alkanes of at least 4 members (excludes halogenated alkanes) is 1. The van der Waals surface area contributed by atoms with Crippen LogP contribution in [0.4, 0.5) is 0 Å². The first-order valence-corrected chi connectivity index (χ1v) is 5.25. The highest BCUT2D eigenvalue weighted by Gasteiger charge is 2.20. The van der Waals surface area contributed by atoms with Crippen LogP contribution in [0.1, 0.15) is 33.1 Å². The van der Waals surface area contributed by atoms with Crippen molar-refractivity contribution in [3.63, 3.8) is 0 Å². The van der Waals surface area contributed by atoms with Gasteiger partial charge in [-0.05, 0) is 25.3 Å². The minimum atomic E-state index is -0.488. The molecule has 0 radical (unpaired) electrons. The van der Waals surface area contributed by atoms with Gasteiger partial charge in [-0.3, -0.25) is 4.79 Å². The molecular weight excluding hydrogens is 180 g/mol. The molecule has 2 atom stereocenters. The Labute approximate surface area is 86.0 Å². The molecule has 4 N–H and O–H groups in total. The van der Waals surface area contributed by atoms with Gasteiger partial charge in [0.2, 0.25) is 0 Å². The topological polar surface area (TPSA) is 78.3 Å². The lowest BCUT2D eigenvalue weighted by atomic mass is 10.0. The zero-order chi connectivity index (χ0) is 11.0. The molecule has 14 heavy (non-hydrogen) atoms. The molecule has 4 heteroatoms. The molecular formula is C10H22N2O2. The Morgan fingerprint density at radius 1 is 1.43 bits per heavy atom. The van der Waals surface area contributed by atoms with Gasteiger partial charge in [-0.1, -0.05) is 20.3 Å². The van der Waals surface area contributed by atoms with Gasteiger partial charge < -0.3 is 16.2 Å². The van der Waals surface area contributed by atoms with E-state index >= 15 is 0 Å². The standard InChI is InChI=1S/C10H22N2O2/c1-3-8(2)9(12)10(13)14-7-5-4-6-11/h8-9H,3-7,11-12H2,1-2H3/t8-,9-/m0/s1. The average molecular weight is 202 g/mol. The van der Waals surface area contributed by atoms with E-state index in [4.69, 9.17) is 16.2 Å². The second-order valence-electron chi connectivity index (χ2n) is 3.57. The summed E-state index contributed by atoms with van der Waals surface area (Å²) in [6.07, 6.45) is 2.58. The van der Waals surface area contributed by atoms with Gasteiger partial charge >= 0.3 is 5.97 Å². The highest BCUT2D eigenvalue weighted by Crippen LogP contribution is 2.06. The summed E-state index contributed by atoms with van der Waals surface area (Å²) in [6.45, 7) is 5.02. The summed E-state index contributed by atoms with van der Waals surface area (Å²) in [5.41, 5.74) is 11.0. The summed E-state index contributed by atoms with van der Waals surface area (Å²) in [6, 6.07) is -0.488. The Morgan fingerprint density at radius 3 is 2.57 bits per heavy atom. The van der Waals surface area contributed by atoms with Crippen molar-refractivity contribution in [1.29, 1.82) is 0 Å². The quantitative estimate of drug-likeness (QED) is 0.469. The highest BCUT2D eigenvalue weighted by molar-refractivity contribution is 5.75. The van der Waals surface area contributed by atoms with Gasteiger partial charge in [0.25, 0.3) is 0 Å². The van der Waals surface area contributed by atoms with Gasteiger partial charge in [0.1, 0.15) is 6.04 Å². The third kappa shape index (κ3) is 5.19. The molecule has 0 aliphatic carbocycles. The number of carbonyl (C=O) groups excluding carboxylic acids is 1. The molecule has 0 bridgehead atoms. The molecule has 0 aliphatic heterocycles. The van der Waals surface area contributed by atoms with E-state index in [0.717, 1.165) is 19.3 Å². The maximum absolute atomic E-state index is 11.3. The Bertz CT molecular complexity index is 162. The van der Waals surface area contributed by atoms with Crippen molar-refractivity contribution < 1.29 is 9.53 Å². The second kappa shape index (κ2) is 7.76. The summed E-state index contributed by atoms with van der Waals surface area (Å²) in [5.74, 6) is -0.117. The van der Waals surface area contributed by atoms with E-state index in [1.165, 1.54) is 0 Å². The number of esters is 1. The van der Waals surface area contributed by atoms with Gasteiger partial charge in [0.05, 0.1) is 6.61 Å². The maximum atomic E-state index is 11.3. The highest BCUT2D eigenvalue weighted by atomic mass is 16.5. The van der Waals surface area contributed by atoms with Crippen LogP contribution in [0.3, 0.4) is 0 Å². The normalized spacial score (nSPS) is 14.9. The van der Waals surface area contributed by atoms with Crippen molar-refractivity contribution in [2.75, 3.05) is 13.2 Å². The Morgan fingerprint density at radius 2 is 2.07 bits per heavy atom. The smallest absolute Gasteiger partial charge is 0.323 e. The molecule has 0 spiro atoms. The molecule has 0 fully saturated rings. The van der Waals surface area contributed by atoms with E-state index < -0.39 is 6.04 Å². The van der Waals surface area contributed by atoms with Gasteiger partial charge in [-0.15, -0.1) is 0 Å². The third-order valence-corrected chi connectivity index (χ3v) is 2.37. The largest absolute Gasteiger partial charge is 0.465 e. The first-order chi connectivity index (χ1) is 6.63. The zero-order valence-electron chi connectivity index (χ0n) is 9.16. The Hall–Kier alpha value is -0.610. The molecule has 84 valence electrons. The summed E-state index contributed by atoms with van der Waals surface area (Å²) < 4.78 is 5.01. The van der Waals surface area contributed by atoms with Crippen molar-refractivity contribution >= 4 is 5.97 Å². The van der Waals surface area contributed by atoms with Crippen LogP contribution >= 0.6 is 0 Å². The summed E-state index contributed by atoms with van der Waals surface area (Å²) in [7, 11) is 0. The molecule has 0 heterocycles. The molecule has 0 amide bonds. The number of hydrogen-bond acceptors (Lipinski definition) is 4. The maximum Gasteiger partial charge on any atom is 0.323 e. The minimum Gasteiger partial charge on any atom is -0.465 e. The monoisotopic (exact) mass is 202 g/mol. The van der Waals surface area contributed by atoms with Gasteiger partial charge in [0, 0.05) is 0 Å². The van der Waals surface area contributed by atoms with E-state index in [1.807, 2.05) is 13.8 Å². The first-order valence-electron chi connectivity index (χ1n) is 5.25. The van der Waals surface area contributed by atoms with Crippen LogP contribution in [0.25, 0.3) is 0 Å². The number of rotatable bonds is 7. The van der Waals surface area contributed by atoms with Crippen LogP contribution < -0.4 is 11.5 Å². The van der Waals surface area contributed by atoms with E-state index in [-0.39, 0.29) is 11.9 Å². The van der Waals surface area contributed by atoms with E-state index in [9.17, 15) is 4.79 Å². The predicted molar refractivity (Wildman–Crippen MR) is 56.7 cm³/mol. The molecule has 0 saturated heterocycles. The fourth-order valence-corrected chi connectivity index (χ4v) is 1.00. The predicted octanol–water partition coefficient (Wildman–Crippen LogP) is 0.642. The summed E-state index contributed by atoms with van der Waals surface area (Å²) >= 11 is 0. The fourth-order valence-electron chi connectivity index (χ4n) is 1.00. The van der Waals surface area contributed by atoms with Crippen molar-refractivity contribution in [3.8, 4) is 0 Å². The van der Waals surface area contributed by atoms with Crippen molar-refractivity contribution in [2.24, 2.45) is 17.4 Å². The molecule has 0 rings (SSSR count). The van der Waals surface area contributed by atoms with Crippen LogP contribution in [-0.2, 0) is 9.53 Å². The third-order valence-electron chi connectivity index (χ3n) is 2.37. The molecule has 0 unspecified atom stereocenters. The average Bonchev–Trinajstić information content (AvgIpc) is 2.21. The molecule has 0 saturated carbocycles. The Kier molecular flexibility index (Phi) is 7.42. The summed E-state index contributed by atoms with van der Waals surface area (Å²) in [5, 5.41) is 0. The van der Waals surface area contributed by atoms with Gasteiger partial charge in [-0.25, -0.2) is 0 Å². The first kappa shape index (κ1) is 13.4. The number of nitrogens with two attached hydrogens (primary N) is 2. The lowest BCUT2D eigenvalue weighted by Gasteiger charge is -2.16. The van der Waals surface area contributed by atoms with Crippen LogP contribution in [-0.4, -0.2) is 25.2 Å². The van der Waals surface area contributed by atoms with Crippen LogP contribution in [0.15, 0.2) is 0 Å². The second-order valence-corrected chi connectivity index (χ2v) is 3.57. The fraction of sp³-hybridized carbons (Fsp3) is 0.900. The van der Waals surface area contributed by atoms with Crippen LogP contribution in [0, 0.1) is 5.92 Å². The SMILES string of the molecule is CC[C@H](C)[C@H](N)C(=O)OCCCCN. The van der Waals surface area contributed by atoms with E-state index in [1.54, 1.807) is 0 Å². The molecule has 0 aliphatic rings. The molecule has 0 aromatic carbocycles. The minimum absolute atomic E-state index is 0.178.